The number of carbonyl (C=O) groups is 1. The smallest absolute Gasteiger partial charge is 0.222 e. The average Bonchev–Trinajstić information content (AvgIpc) is 2.97. The lowest BCUT2D eigenvalue weighted by atomic mass is 10.0. The molecule has 1 N–H and O–H groups in total. The van der Waals surface area contributed by atoms with E-state index < -0.39 is 5.60 Å². The van der Waals surface area contributed by atoms with Crippen LogP contribution in [0, 0.1) is 0 Å². The zero-order valence-corrected chi connectivity index (χ0v) is 11.4. The molecule has 4 heteroatoms. The van der Waals surface area contributed by atoms with E-state index >= 15 is 0 Å². The van der Waals surface area contributed by atoms with Crippen LogP contribution in [0.5, 0.6) is 0 Å². The second kappa shape index (κ2) is 6.02. The van der Waals surface area contributed by atoms with E-state index in [1.165, 1.54) is 0 Å². The number of nitrogens with zero attached hydrogens (tertiary/aromatic N) is 1. The minimum atomic E-state index is -0.631. The third-order valence-electron chi connectivity index (χ3n) is 4.20. The number of carbonyl (C=O) groups excluding carboxylic acids is 1. The summed E-state index contributed by atoms with van der Waals surface area (Å²) in [4.78, 5) is 13.7. The molecule has 1 saturated heterocycles. The van der Waals surface area contributed by atoms with Crippen molar-refractivity contribution in [3.8, 4) is 0 Å². The third-order valence-corrected chi connectivity index (χ3v) is 4.20. The number of hydrogen-bond acceptors (Lipinski definition) is 3. The maximum atomic E-state index is 12.0. The molecule has 1 unspecified atom stereocenters. The summed E-state index contributed by atoms with van der Waals surface area (Å²) in [5.41, 5.74) is -0.631. The van der Waals surface area contributed by atoms with Gasteiger partial charge in [-0.1, -0.05) is 12.8 Å². The Labute approximate surface area is 109 Å². The van der Waals surface area contributed by atoms with Gasteiger partial charge in [-0.25, -0.2) is 0 Å². The van der Waals surface area contributed by atoms with Crippen molar-refractivity contribution >= 4 is 5.91 Å². The predicted octanol–water partition coefficient (Wildman–Crippen LogP) is 1.71. The number of hydrogen-bond donors (Lipinski definition) is 1. The van der Waals surface area contributed by atoms with E-state index in [9.17, 15) is 9.90 Å². The summed E-state index contributed by atoms with van der Waals surface area (Å²) in [5.74, 6) is 0.130. The molecule has 0 aromatic heterocycles. The quantitative estimate of drug-likeness (QED) is 0.813. The number of aliphatic hydroxyl groups is 1. The molecule has 2 rings (SSSR count). The normalized spacial score (nSPS) is 26.4. The molecule has 1 aliphatic carbocycles. The van der Waals surface area contributed by atoms with Crippen LogP contribution in [0.4, 0.5) is 0 Å². The fourth-order valence-electron chi connectivity index (χ4n) is 3.07. The van der Waals surface area contributed by atoms with Gasteiger partial charge in [0.1, 0.15) is 0 Å². The highest BCUT2D eigenvalue weighted by Gasteiger charge is 2.33. The molecule has 2 fully saturated rings. The molecule has 4 nitrogen and oxygen atoms in total. The Morgan fingerprint density at radius 1 is 1.39 bits per heavy atom. The minimum absolute atomic E-state index is 0.130. The van der Waals surface area contributed by atoms with Gasteiger partial charge in [0.25, 0.3) is 0 Å². The molecule has 1 saturated carbocycles. The van der Waals surface area contributed by atoms with Crippen LogP contribution in [-0.4, -0.2) is 47.8 Å². The van der Waals surface area contributed by atoms with Gasteiger partial charge in [-0.2, -0.15) is 0 Å². The second-order valence-corrected chi connectivity index (χ2v) is 5.85. The molecule has 1 atom stereocenters. The Balaban J connectivity index is 1.70. The van der Waals surface area contributed by atoms with E-state index in [1.54, 1.807) is 11.9 Å². The Morgan fingerprint density at radius 2 is 2.11 bits per heavy atom. The van der Waals surface area contributed by atoms with Crippen LogP contribution in [0.1, 0.15) is 51.4 Å². The van der Waals surface area contributed by atoms with Gasteiger partial charge in [0.05, 0.1) is 11.7 Å². The van der Waals surface area contributed by atoms with Crippen LogP contribution < -0.4 is 0 Å². The molecule has 0 bridgehead atoms. The van der Waals surface area contributed by atoms with Crippen molar-refractivity contribution in [2.75, 3.05) is 20.2 Å². The van der Waals surface area contributed by atoms with Gasteiger partial charge in [-0.3, -0.25) is 4.79 Å². The molecule has 1 heterocycles. The molecule has 2 aliphatic rings. The van der Waals surface area contributed by atoms with E-state index in [1.807, 2.05) is 0 Å². The molecule has 0 radical (unpaired) electrons. The van der Waals surface area contributed by atoms with E-state index in [2.05, 4.69) is 0 Å². The Kier molecular flexibility index (Phi) is 4.62. The standard InChI is InChI=1S/C14H25NO3/c1-15(11-14(17)8-2-3-9-14)13(16)7-6-12-5-4-10-18-12/h12,17H,2-11H2,1H3. The first-order chi connectivity index (χ1) is 8.59. The maximum absolute atomic E-state index is 12.0. The summed E-state index contributed by atoms with van der Waals surface area (Å²) in [7, 11) is 1.80. The SMILES string of the molecule is CN(CC1(O)CCCC1)C(=O)CCC1CCCO1. The molecule has 0 spiro atoms. The summed E-state index contributed by atoms with van der Waals surface area (Å²) < 4.78 is 5.52. The monoisotopic (exact) mass is 255 g/mol. The van der Waals surface area contributed by atoms with Crippen molar-refractivity contribution in [1.82, 2.24) is 4.90 Å². The highest BCUT2D eigenvalue weighted by Crippen LogP contribution is 2.30. The first-order valence-electron chi connectivity index (χ1n) is 7.17. The molecule has 1 amide bonds. The second-order valence-electron chi connectivity index (χ2n) is 5.85. The molecular weight excluding hydrogens is 230 g/mol. The van der Waals surface area contributed by atoms with Crippen molar-refractivity contribution in [1.29, 1.82) is 0 Å². The lowest BCUT2D eigenvalue weighted by Gasteiger charge is -2.28. The fraction of sp³-hybridized carbons (Fsp3) is 0.929. The topological polar surface area (TPSA) is 49.8 Å². The van der Waals surface area contributed by atoms with Gasteiger partial charge in [0.15, 0.2) is 0 Å². The van der Waals surface area contributed by atoms with Crippen LogP contribution >= 0.6 is 0 Å². The maximum Gasteiger partial charge on any atom is 0.222 e. The lowest BCUT2D eigenvalue weighted by Crippen LogP contribution is -2.42. The van der Waals surface area contributed by atoms with E-state index in [0.29, 0.717) is 13.0 Å². The van der Waals surface area contributed by atoms with Gasteiger partial charge in [-0.15, -0.1) is 0 Å². The van der Waals surface area contributed by atoms with Gasteiger partial charge in [0, 0.05) is 26.6 Å². The molecule has 104 valence electrons. The van der Waals surface area contributed by atoms with Crippen LogP contribution in [0.2, 0.25) is 0 Å². The van der Waals surface area contributed by atoms with Gasteiger partial charge < -0.3 is 14.7 Å². The van der Waals surface area contributed by atoms with Gasteiger partial charge >= 0.3 is 0 Å². The van der Waals surface area contributed by atoms with Crippen LogP contribution in [-0.2, 0) is 9.53 Å². The van der Waals surface area contributed by atoms with E-state index in [0.717, 1.165) is 51.6 Å². The average molecular weight is 255 g/mol. The summed E-state index contributed by atoms with van der Waals surface area (Å²) in [6.45, 7) is 1.33. The van der Waals surface area contributed by atoms with Crippen LogP contribution in [0.25, 0.3) is 0 Å². The van der Waals surface area contributed by atoms with Crippen molar-refractivity contribution in [3.05, 3.63) is 0 Å². The zero-order valence-electron chi connectivity index (χ0n) is 11.4. The number of rotatable bonds is 5. The Morgan fingerprint density at radius 3 is 2.72 bits per heavy atom. The predicted molar refractivity (Wildman–Crippen MR) is 69.3 cm³/mol. The van der Waals surface area contributed by atoms with E-state index in [4.69, 9.17) is 4.74 Å². The molecule has 1 aliphatic heterocycles. The van der Waals surface area contributed by atoms with Crippen molar-refractivity contribution in [2.45, 2.75) is 63.1 Å². The Hall–Kier alpha value is -0.610. The van der Waals surface area contributed by atoms with Crippen molar-refractivity contribution in [3.63, 3.8) is 0 Å². The summed E-state index contributed by atoms with van der Waals surface area (Å²) in [6, 6.07) is 0. The largest absolute Gasteiger partial charge is 0.388 e. The van der Waals surface area contributed by atoms with Gasteiger partial charge in [0.2, 0.25) is 5.91 Å². The number of amides is 1. The molecule has 0 aromatic rings. The summed E-state index contributed by atoms with van der Waals surface area (Å²) in [6.07, 6.45) is 7.65. The third kappa shape index (κ3) is 3.69. The molecule has 0 aromatic carbocycles. The highest BCUT2D eigenvalue weighted by molar-refractivity contribution is 5.75. The van der Waals surface area contributed by atoms with Crippen LogP contribution in [0.15, 0.2) is 0 Å². The number of likely N-dealkylation sites (N-methyl/N-ethyl adjacent to an activating group) is 1. The summed E-state index contributed by atoms with van der Waals surface area (Å²) >= 11 is 0. The van der Waals surface area contributed by atoms with E-state index in [-0.39, 0.29) is 12.0 Å². The minimum Gasteiger partial charge on any atom is -0.388 e. The zero-order chi connectivity index (χ0) is 13.0. The van der Waals surface area contributed by atoms with Gasteiger partial charge in [-0.05, 0) is 32.1 Å². The Bertz CT molecular complexity index is 281. The number of ether oxygens (including phenoxy) is 1. The molecule has 18 heavy (non-hydrogen) atoms. The first kappa shape index (κ1) is 13.8. The van der Waals surface area contributed by atoms with Crippen LogP contribution in [0.3, 0.4) is 0 Å². The highest BCUT2D eigenvalue weighted by atomic mass is 16.5. The fourth-order valence-corrected chi connectivity index (χ4v) is 3.07. The summed E-state index contributed by atoms with van der Waals surface area (Å²) in [5, 5.41) is 10.3. The van der Waals surface area contributed by atoms with Crippen molar-refractivity contribution < 1.29 is 14.6 Å². The molecular formula is C14H25NO3. The first-order valence-corrected chi connectivity index (χ1v) is 7.17. The lowest BCUT2D eigenvalue weighted by molar-refractivity contribution is -0.133. The van der Waals surface area contributed by atoms with Crippen molar-refractivity contribution in [2.24, 2.45) is 0 Å².